The third kappa shape index (κ3) is 5.34. The van der Waals surface area contributed by atoms with Crippen LogP contribution in [0.1, 0.15) is 24.0 Å². The number of hydrogen-bond acceptors (Lipinski definition) is 4. The van der Waals surface area contributed by atoms with Crippen molar-refractivity contribution in [2.24, 2.45) is 5.92 Å². The predicted octanol–water partition coefficient (Wildman–Crippen LogP) is 2.29. The number of likely N-dealkylation sites (tertiary alicyclic amines) is 1. The van der Waals surface area contributed by atoms with E-state index in [2.05, 4.69) is 0 Å². The molecule has 2 aliphatic rings. The molecule has 0 saturated carbocycles. The molecule has 2 aromatic carbocycles. The Morgan fingerprint density at radius 1 is 1.00 bits per heavy atom. The molecule has 2 amide bonds. The summed E-state index contributed by atoms with van der Waals surface area (Å²) in [6.07, 6.45) is 1.40. The minimum Gasteiger partial charge on any atom is -0.342 e. The van der Waals surface area contributed by atoms with E-state index < -0.39 is 15.8 Å². The van der Waals surface area contributed by atoms with Crippen molar-refractivity contribution in [1.29, 1.82) is 0 Å². The molecule has 2 fully saturated rings. The van der Waals surface area contributed by atoms with Crippen molar-refractivity contribution in [1.82, 2.24) is 9.80 Å². The molecular weight excluding hydrogens is 412 g/mol. The molecule has 0 radical (unpaired) electrons. The monoisotopic (exact) mass is 440 g/mol. The summed E-state index contributed by atoms with van der Waals surface area (Å²) < 4.78 is 24.1. The maximum absolute atomic E-state index is 13.5. The largest absolute Gasteiger partial charge is 0.342 e. The molecule has 2 unspecified atom stereocenters. The SMILES string of the molecule is O=C1CC(C(=O)N(Cc2ccccc2)C2CCS(=O)(=O)C2)CN1CCc1ccccc1. The van der Waals surface area contributed by atoms with Crippen LogP contribution >= 0.6 is 0 Å². The van der Waals surface area contributed by atoms with Gasteiger partial charge in [-0.2, -0.15) is 0 Å². The van der Waals surface area contributed by atoms with Crippen LogP contribution in [0.4, 0.5) is 0 Å². The summed E-state index contributed by atoms with van der Waals surface area (Å²) in [6, 6.07) is 19.3. The highest BCUT2D eigenvalue weighted by Gasteiger charge is 2.41. The number of rotatable bonds is 7. The zero-order valence-corrected chi connectivity index (χ0v) is 18.3. The van der Waals surface area contributed by atoms with Gasteiger partial charge in [0.2, 0.25) is 11.8 Å². The molecule has 0 spiro atoms. The lowest BCUT2D eigenvalue weighted by atomic mass is 10.0. The molecule has 2 heterocycles. The van der Waals surface area contributed by atoms with Crippen LogP contribution in [0, 0.1) is 5.92 Å². The minimum absolute atomic E-state index is 0.00393. The minimum atomic E-state index is -3.12. The Morgan fingerprint density at radius 2 is 1.65 bits per heavy atom. The van der Waals surface area contributed by atoms with Gasteiger partial charge >= 0.3 is 0 Å². The van der Waals surface area contributed by atoms with Gasteiger partial charge in [0.25, 0.3) is 0 Å². The Hall–Kier alpha value is -2.67. The first kappa shape index (κ1) is 21.6. The molecule has 0 bridgehead atoms. The summed E-state index contributed by atoms with van der Waals surface area (Å²) in [5, 5.41) is 0. The lowest BCUT2D eigenvalue weighted by Crippen LogP contribution is -2.44. The van der Waals surface area contributed by atoms with E-state index in [1.807, 2.05) is 60.7 Å². The fourth-order valence-electron chi connectivity index (χ4n) is 4.49. The molecule has 4 rings (SSSR count). The predicted molar refractivity (Wildman–Crippen MR) is 119 cm³/mol. The lowest BCUT2D eigenvalue weighted by Gasteiger charge is -2.30. The molecule has 31 heavy (non-hydrogen) atoms. The highest BCUT2D eigenvalue weighted by atomic mass is 32.2. The van der Waals surface area contributed by atoms with E-state index in [1.165, 1.54) is 0 Å². The maximum Gasteiger partial charge on any atom is 0.228 e. The molecule has 0 N–H and O–H groups in total. The first-order chi connectivity index (χ1) is 14.9. The summed E-state index contributed by atoms with van der Waals surface area (Å²) in [5.41, 5.74) is 2.12. The van der Waals surface area contributed by atoms with Crippen molar-refractivity contribution < 1.29 is 18.0 Å². The van der Waals surface area contributed by atoms with Crippen molar-refractivity contribution in [2.45, 2.75) is 31.8 Å². The number of hydrogen-bond donors (Lipinski definition) is 0. The van der Waals surface area contributed by atoms with Crippen LogP contribution in [0.5, 0.6) is 0 Å². The molecule has 6 nitrogen and oxygen atoms in total. The Bertz CT molecular complexity index is 1020. The molecule has 7 heteroatoms. The van der Waals surface area contributed by atoms with E-state index in [1.54, 1.807) is 9.80 Å². The summed E-state index contributed by atoms with van der Waals surface area (Å²) in [4.78, 5) is 29.5. The first-order valence-corrected chi connectivity index (χ1v) is 12.6. The number of carbonyl (C=O) groups is 2. The summed E-state index contributed by atoms with van der Waals surface area (Å²) in [7, 11) is -3.12. The first-order valence-electron chi connectivity index (χ1n) is 10.8. The van der Waals surface area contributed by atoms with Crippen LogP contribution in [0.2, 0.25) is 0 Å². The summed E-state index contributed by atoms with van der Waals surface area (Å²) in [5.74, 6) is -0.419. The van der Waals surface area contributed by atoms with Crippen LogP contribution < -0.4 is 0 Å². The van der Waals surface area contributed by atoms with Crippen LogP contribution in [-0.2, 0) is 32.4 Å². The third-order valence-corrected chi connectivity index (χ3v) is 7.96. The quantitative estimate of drug-likeness (QED) is 0.662. The van der Waals surface area contributed by atoms with E-state index in [9.17, 15) is 18.0 Å². The smallest absolute Gasteiger partial charge is 0.228 e. The molecule has 2 aliphatic heterocycles. The van der Waals surface area contributed by atoms with Gasteiger partial charge in [0.1, 0.15) is 0 Å². The number of benzene rings is 2. The van der Waals surface area contributed by atoms with Crippen molar-refractivity contribution >= 4 is 21.7 Å². The van der Waals surface area contributed by atoms with Gasteiger partial charge in [-0.3, -0.25) is 9.59 Å². The molecular formula is C24H28N2O4S. The maximum atomic E-state index is 13.5. The molecule has 2 saturated heterocycles. The molecule has 0 aliphatic carbocycles. The lowest BCUT2D eigenvalue weighted by molar-refractivity contribution is -0.138. The van der Waals surface area contributed by atoms with Gasteiger partial charge in [-0.15, -0.1) is 0 Å². The van der Waals surface area contributed by atoms with Crippen LogP contribution in [0.3, 0.4) is 0 Å². The van der Waals surface area contributed by atoms with E-state index in [-0.39, 0.29) is 35.8 Å². The van der Waals surface area contributed by atoms with E-state index in [0.29, 0.717) is 26.1 Å². The Morgan fingerprint density at radius 3 is 2.26 bits per heavy atom. The number of amides is 2. The van der Waals surface area contributed by atoms with Crippen molar-refractivity contribution in [2.75, 3.05) is 24.6 Å². The average molecular weight is 441 g/mol. The van der Waals surface area contributed by atoms with Gasteiger partial charge in [-0.25, -0.2) is 8.42 Å². The Labute approximate surface area is 183 Å². The zero-order valence-electron chi connectivity index (χ0n) is 17.5. The van der Waals surface area contributed by atoms with Crippen molar-refractivity contribution in [3.63, 3.8) is 0 Å². The molecule has 0 aromatic heterocycles. The average Bonchev–Trinajstić information content (AvgIpc) is 3.33. The van der Waals surface area contributed by atoms with Crippen LogP contribution in [-0.4, -0.2) is 60.7 Å². The Balaban J connectivity index is 1.45. The van der Waals surface area contributed by atoms with Crippen molar-refractivity contribution in [3.05, 3.63) is 71.8 Å². The number of sulfone groups is 1. The van der Waals surface area contributed by atoms with Gasteiger partial charge in [0.15, 0.2) is 9.84 Å². The van der Waals surface area contributed by atoms with Gasteiger partial charge in [-0.05, 0) is 24.0 Å². The second-order valence-electron chi connectivity index (χ2n) is 8.48. The van der Waals surface area contributed by atoms with E-state index in [0.717, 1.165) is 17.5 Å². The standard InChI is InChI=1S/C24H28N2O4S/c27-23-15-21(17-25(23)13-11-19-7-3-1-4-8-19)24(28)26(16-20-9-5-2-6-10-20)22-12-14-31(29,30)18-22/h1-10,21-22H,11-18H2. The number of nitrogens with zero attached hydrogens (tertiary/aromatic N) is 2. The fourth-order valence-corrected chi connectivity index (χ4v) is 6.22. The summed E-state index contributed by atoms with van der Waals surface area (Å²) >= 11 is 0. The molecule has 164 valence electrons. The molecule has 2 aromatic rings. The molecule has 2 atom stereocenters. The fraction of sp³-hybridized carbons (Fsp3) is 0.417. The second kappa shape index (κ2) is 9.22. The van der Waals surface area contributed by atoms with Gasteiger partial charge in [-0.1, -0.05) is 60.7 Å². The second-order valence-corrected chi connectivity index (χ2v) is 10.7. The van der Waals surface area contributed by atoms with Crippen LogP contribution in [0.25, 0.3) is 0 Å². The van der Waals surface area contributed by atoms with Gasteiger partial charge in [0.05, 0.1) is 17.4 Å². The normalized spacial score (nSPS) is 22.6. The highest BCUT2D eigenvalue weighted by Crippen LogP contribution is 2.26. The van der Waals surface area contributed by atoms with E-state index >= 15 is 0 Å². The Kier molecular flexibility index (Phi) is 6.41. The third-order valence-electron chi connectivity index (χ3n) is 6.20. The number of carbonyl (C=O) groups excluding carboxylic acids is 2. The highest BCUT2D eigenvalue weighted by molar-refractivity contribution is 7.91. The topological polar surface area (TPSA) is 74.8 Å². The summed E-state index contributed by atoms with van der Waals surface area (Å²) in [6.45, 7) is 1.35. The van der Waals surface area contributed by atoms with Gasteiger partial charge < -0.3 is 9.80 Å². The van der Waals surface area contributed by atoms with E-state index in [4.69, 9.17) is 0 Å². The van der Waals surface area contributed by atoms with Crippen molar-refractivity contribution in [3.8, 4) is 0 Å². The van der Waals surface area contributed by atoms with Gasteiger partial charge in [0, 0.05) is 32.1 Å². The van der Waals surface area contributed by atoms with Crippen LogP contribution in [0.15, 0.2) is 60.7 Å². The zero-order chi connectivity index (χ0) is 21.8.